The normalized spacial score (nSPS) is 13.9. The molecule has 2 N–H and O–H groups in total. The molecule has 0 atom stereocenters. The first kappa shape index (κ1) is 18.4. The molecule has 1 saturated heterocycles. The fourth-order valence-electron chi connectivity index (χ4n) is 2.94. The molecule has 27 heavy (non-hydrogen) atoms. The van der Waals surface area contributed by atoms with Crippen LogP contribution in [0.1, 0.15) is 20.7 Å². The van der Waals surface area contributed by atoms with Gasteiger partial charge >= 0.3 is 0 Å². The van der Waals surface area contributed by atoms with E-state index in [9.17, 15) is 19.5 Å². The van der Waals surface area contributed by atoms with Gasteiger partial charge in [-0.1, -0.05) is 30.3 Å². The Kier molecular flexibility index (Phi) is 5.71. The third-order valence-electron chi connectivity index (χ3n) is 4.49. The highest BCUT2D eigenvalue weighted by Gasteiger charge is 2.26. The van der Waals surface area contributed by atoms with E-state index in [-0.39, 0.29) is 35.6 Å². The highest BCUT2D eigenvalue weighted by molar-refractivity contribution is 5.97. The molecule has 2 aromatic carbocycles. The molecule has 1 aliphatic heterocycles. The van der Waals surface area contributed by atoms with E-state index in [0.29, 0.717) is 31.7 Å². The first-order chi connectivity index (χ1) is 13.1. The molecule has 0 aliphatic carbocycles. The Labute approximate surface area is 157 Å². The molecule has 0 radical (unpaired) electrons. The summed E-state index contributed by atoms with van der Waals surface area (Å²) in [6.45, 7) is 1.46. The average molecular weight is 367 g/mol. The van der Waals surface area contributed by atoms with E-state index in [1.165, 1.54) is 6.07 Å². The third-order valence-corrected chi connectivity index (χ3v) is 4.49. The van der Waals surface area contributed by atoms with Crippen LogP contribution in [0, 0.1) is 0 Å². The smallest absolute Gasteiger partial charge is 0.257 e. The van der Waals surface area contributed by atoms with Gasteiger partial charge in [0.1, 0.15) is 5.75 Å². The fraction of sp³-hybridized carbons (Fsp3) is 0.250. The van der Waals surface area contributed by atoms with Crippen molar-refractivity contribution >= 4 is 17.7 Å². The van der Waals surface area contributed by atoms with Crippen molar-refractivity contribution in [2.24, 2.45) is 0 Å². The number of aromatic hydroxyl groups is 1. The number of phenols is 1. The maximum Gasteiger partial charge on any atom is 0.257 e. The van der Waals surface area contributed by atoms with Crippen LogP contribution in [0.25, 0.3) is 0 Å². The van der Waals surface area contributed by atoms with Gasteiger partial charge in [-0.05, 0) is 24.3 Å². The van der Waals surface area contributed by atoms with Crippen molar-refractivity contribution < 1.29 is 19.5 Å². The number of rotatable bonds is 4. The lowest BCUT2D eigenvalue weighted by molar-refractivity contribution is -0.131. The number of carbonyl (C=O) groups is 3. The van der Waals surface area contributed by atoms with Crippen LogP contribution in [0.2, 0.25) is 0 Å². The van der Waals surface area contributed by atoms with Gasteiger partial charge in [-0.25, -0.2) is 0 Å². The SMILES string of the molecule is O=C(NCC(=O)N1CCN(C(=O)c2ccccc2O)CC1)c1ccccc1. The van der Waals surface area contributed by atoms with Crippen molar-refractivity contribution in [3.8, 4) is 5.75 Å². The maximum atomic E-state index is 12.5. The fourth-order valence-corrected chi connectivity index (χ4v) is 2.94. The molecular weight excluding hydrogens is 346 g/mol. The van der Waals surface area contributed by atoms with Gasteiger partial charge in [0.15, 0.2) is 0 Å². The molecular formula is C20H21N3O4. The Bertz CT molecular complexity index is 830. The number of benzene rings is 2. The van der Waals surface area contributed by atoms with Crippen LogP contribution in [0.4, 0.5) is 0 Å². The van der Waals surface area contributed by atoms with Crippen LogP contribution >= 0.6 is 0 Å². The predicted octanol–water partition coefficient (Wildman–Crippen LogP) is 1.11. The van der Waals surface area contributed by atoms with E-state index < -0.39 is 0 Å². The van der Waals surface area contributed by atoms with Gasteiger partial charge in [-0.15, -0.1) is 0 Å². The molecule has 1 aliphatic rings. The predicted molar refractivity (Wildman–Crippen MR) is 99.4 cm³/mol. The monoisotopic (exact) mass is 367 g/mol. The highest BCUT2D eigenvalue weighted by atomic mass is 16.3. The molecule has 0 bridgehead atoms. The van der Waals surface area contributed by atoms with Crippen LogP contribution < -0.4 is 5.32 Å². The standard InChI is InChI=1S/C20H21N3O4/c24-17-9-5-4-8-16(17)20(27)23-12-10-22(11-13-23)18(25)14-21-19(26)15-6-2-1-3-7-15/h1-9,24H,10-14H2,(H,21,26). The summed E-state index contributed by atoms with van der Waals surface area (Å²) >= 11 is 0. The van der Waals surface area contributed by atoms with Gasteiger partial charge in [0.25, 0.3) is 11.8 Å². The topological polar surface area (TPSA) is 90.0 Å². The summed E-state index contributed by atoms with van der Waals surface area (Å²) in [5.74, 6) is -0.784. The number of hydrogen-bond acceptors (Lipinski definition) is 4. The summed E-state index contributed by atoms with van der Waals surface area (Å²) in [6, 6.07) is 15.1. The van der Waals surface area contributed by atoms with E-state index >= 15 is 0 Å². The van der Waals surface area contributed by atoms with Crippen molar-refractivity contribution in [3.05, 3.63) is 65.7 Å². The molecule has 7 nitrogen and oxygen atoms in total. The third kappa shape index (κ3) is 4.44. The summed E-state index contributed by atoms with van der Waals surface area (Å²) in [6.07, 6.45) is 0. The lowest BCUT2D eigenvalue weighted by Gasteiger charge is -2.35. The summed E-state index contributed by atoms with van der Waals surface area (Å²) in [5.41, 5.74) is 0.760. The second kappa shape index (κ2) is 8.35. The summed E-state index contributed by atoms with van der Waals surface area (Å²) in [4.78, 5) is 40.0. The molecule has 2 aromatic rings. The second-order valence-electron chi connectivity index (χ2n) is 6.24. The van der Waals surface area contributed by atoms with Crippen LogP contribution in [-0.4, -0.2) is 65.4 Å². The van der Waals surface area contributed by atoms with E-state index in [1.54, 1.807) is 52.3 Å². The number of piperazine rings is 1. The lowest BCUT2D eigenvalue weighted by Crippen LogP contribution is -2.52. The largest absolute Gasteiger partial charge is 0.507 e. The van der Waals surface area contributed by atoms with Gasteiger partial charge in [-0.2, -0.15) is 0 Å². The van der Waals surface area contributed by atoms with Crippen LogP contribution in [0.5, 0.6) is 5.75 Å². The van der Waals surface area contributed by atoms with Crippen molar-refractivity contribution in [1.82, 2.24) is 15.1 Å². The zero-order valence-corrected chi connectivity index (χ0v) is 14.8. The van der Waals surface area contributed by atoms with Crippen LogP contribution in [-0.2, 0) is 4.79 Å². The molecule has 7 heteroatoms. The molecule has 0 saturated carbocycles. The first-order valence-electron chi connectivity index (χ1n) is 8.74. The molecule has 0 aromatic heterocycles. The van der Waals surface area contributed by atoms with E-state index in [0.717, 1.165) is 0 Å². The second-order valence-corrected chi connectivity index (χ2v) is 6.24. The van der Waals surface area contributed by atoms with Crippen molar-refractivity contribution in [1.29, 1.82) is 0 Å². The lowest BCUT2D eigenvalue weighted by atomic mass is 10.1. The number of amides is 3. The molecule has 0 unspecified atom stereocenters. The van der Waals surface area contributed by atoms with Gasteiger partial charge in [0, 0.05) is 31.7 Å². The van der Waals surface area contributed by atoms with E-state index in [1.807, 2.05) is 6.07 Å². The maximum absolute atomic E-state index is 12.5. The molecule has 1 fully saturated rings. The Balaban J connectivity index is 1.49. The summed E-state index contributed by atoms with van der Waals surface area (Å²) < 4.78 is 0. The minimum absolute atomic E-state index is 0.0513. The van der Waals surface area contributed by atoms with Gasteiger partial charge in [0.2, 0.25) is 5.91 Å². The molecule has 1 heterocycles. The number of para-hydroxylation sites is 1. The van der Waals surface area contributed by atoms with Crippen molar-refractivity contribution in [2.45, 2.75) is 0 Å². The Hall–Kier alpha value is -3.35. The van der Waals surface area contributed by atoms with Gasteiger partial charge in [0.05, 0.1) is 12.1 Å². The molecule has 0 spiro atoms. The van der Waals surface area contributed by atoms with E-state index in [4.69, 9.17) is 0 Å². The minimum Gasteiger partial charge on any atom is -0.507 e. The number of nitrogens with one attached hydrogen (secondary N) is 1. The summed E-state index contributed by atoms with van der Waals surface area (Å²) in [5, 5.41) is 12.4. The Morgan fingerprint density at radius 3 is 2.11 bits per heavy atom. The molecule has 140 valence electrons. The Morgan fingerprint density at radius 1 is 0.852 bits per heavy atom. The number of phenolic OH excluding ortho intramolecular Hbond substituents is 1. The van der Waals surface area contributed by atoms with Crippen molar-refractivity contribution in [3.63, 3.8) is 0 Å². The zero-order valence-electron chi connectivity index (χ0n) is 14.8. The number of hydrogen-bond donors (Lipinski definition) is 2. The van der Waals surface area contributed by atoms with Crippen LogP contribution in [0.3, 0.4) is 0 Å². The highest BCUT2D eigenvalue weighted by Crippen LogP contribution is 2.18. The van der Waals surface area contributed by atoms with Crippen molar-refractivity contribution in [2.75, 3.05) is 32.7 Å². The van der Waals surface area contributed by atoms with Gasteiger partial charge < -0.3 is 20.2 Å². The zero-order chi connectivity index (χ0) is 19.2. The summed E-state index contributed by atoms with van der Waals surface area (Å²) in [7, 11) is 0. The molecule has 3 rings (SSSR count). The van der Waals surface area contributed by atoms with Gasteiger partial charge in [-0.3, -0.25) is 14.4 Å². The Morgan fingerprint density at radius 2 is 1.44 bits per heavy atom. The quantitative estimate of drug-likeness (QED) is 0.847. The van der Waals surface area contributed by atoms with E-state index in [2.05, 4.69) is 5.32 Å². The van der Waals surface area contributed by atoms with Crippen LogP contribution in [0.15, 0.2) is 54.6 Å². The molecule has 3 amide bonds. The number of nitrogens with zero attached hydrogens (tertiary/aromatic N) is 2. The first-order valence-corrected chi connectivity index (χ1v) is 8.74. The average Bonchev–Trinajstić information content (AvgIpc) is 2.72. The minimum atomic E-state index is -0.294. The number of carbonyl (C=O) groups excluding carboxylic acids is 3.